The number of carbonyl (C=O) groups is 1. The Labute approximate surface area is 112 Å². The largest absolute Gasteiger partial charge is 0.349 e. The van der Waals surface area contributed by atoms with Crippen molar-refractivity contribution >= 4 is 29.9 Å². The third-order valence-electron chi connectivity index (χ3n) is 2.61. The third-order valence-corrected chi connectivity index (χ3v) is 2.83. The molecular weight excluding hydrogens is 261 g/mol. The molecule has 0 spiro atoms. The summed E-state index contributed by atoms with van der Waals surface area (Å²) in [7, 11) is 0. The number of hydrogen-bond donors (Lipinski definition) is 2. The summed E-state index contributed by atoms with van der Waals surface area (Å²) in [6, 6.07) is 3.54. The molecule has 94 valence electrons. The molecule has 1 unspecified atom stereocenters. The van der Waals surface area contributed by atoms with E-state index in [9.17, 15) is 4.79 Å². The molecule has 0 radical (unpaired) electrons. The van der Waals surface area contributed by atoms with E-state index < -0.39 is 0 Å². The van der Waals surface area contributed by atoms with Crippen molar-refractivity contribution in [2.24, 2.45) is 0 Å². The highest BCUT2D eigenvalue weighted by Gasteiger charge is 2.21. The van der Waals surface area contributed by atoms with Crippen molar-refractivity contribution < 1.29 is 4.79 Å². The first-order chi connectivity index (χ1) is 7.75. The van der Waals surface area contributed by atoms with Gasteiger partial charge in [-0.15, -0.1) is 12.4 Å². The molecule has 1 aromatic rings. The fraction of sp³-hybridized carbons (Fsp3) is 0.455. The lowest BCUT2D eigenvalue weighted by atomic mass is 10.2. The Kier molecular flexibility index (Phi) is 5.68. The van der Waals surface area contributed by atoms with E-state index >= 15 is 0 Å². The Morgan fingerprint density at radius 1 is 1.59 bits per heavy atom. The van der Waals surface area contributed by atoms with Gasteiger partial charge in [0.15, 0.2) is 0 Å². The molecule has 1 saturated heterocycles. The van der Waals surface area contributed by atoms with Crippen LogP contribution in [0.5, 0.6) is 0 Å². The number of hydrogen-bond acceptors (Lipinski definition) is 3. The zero-order valence-corrected chi connectivity index (χ0v) is 10.9. The van der Waals surface area contributed by atoms with Crippen molar-refractivity contribution in [3.63, 3.8) is 0 Å². The van der Waals surface area contributed by atoms with Crippen LogP contribution in [0, 0.1) is 0 Å². The van der Waals surface area contributed by atoms with E-state index in [1.807, 2.05) is 6.07 Å². The standard InChI is InChI=1S/C11H14ClN3O.ClH/c12-8-3-4-9(14-6-8)7-15-11(16)10-2-1-5-13-10;/h3-4,6,10,13H,1-2,5,7H2,(H,15,16);1H. The van der Waals surface area contributed by atoms with Crippen LogP contribution in [0.4, 0.5) is 0 Å². The van der Waals surface area contributed by atoms with Crippen molar-refractivity contribution in [2.75, 3.05) is 6.54 Å². The molecule has 17 heavy (non-hydrogen) atoms. The normalized spacial score (nSPS) is 18.5. The van der Waals surface area contributed by atoms with E-state index in [1.54, 1.807) is 12.3 Å². The molecule has 0 aromatic carbocycles. The minimum absolute atomic E-state index is 0. The Morgan fingerprint density at radius 2 is 2.41 bits per heavy atom. The Morgan fingerprint density at radius 3 is 3.00 bits per heavy atom. The van der Waals surface area contributed by atoms with Gasteiger partial charge >= 0.3 is 0 Å². The number of aromatic nitrogens is 1. The first kappa shape index (κ1) is 14.2. The minimum Gasteiger partial charge on any atom is -0.349 e. The molecule has 1 fully saturated rings. The molecule has 4 nitrogen and oxygen atoms in total. The van der Waals surface area contributed by atoms with Gasteiger partial charge in [0, 0.05) is 6.20 Å². The predicted molar refractivity (Wildman–Crippen MR) is 69.4 cm³/mol. The number of pyridine rings is 1. The van der Waals surface area contributed by atoms with Gasteiger partial charge in [0.25, 0.3) is 0 Å². The van der Waals surface area contributed by atoms with E-state index in [0.717, 1.165) is 25.1 Å². The fourth-order valence-corrected chi connectivity index (χ4v) is 1.83. The maximum absolute atomic E-state index is 11.7. The summed E-state index contributed by atoms with van der Waals surface area (Å²) in [5.41, 5.74) is 0.816. The lowest BCUT2D eigenvalue weighted by Crippen LogP contribution is -2.40. The summed E-state index contributed by atoms with van der Waals surface area (Å²) < 4.78 is 0. The lowest BCUT2D eigenvalue weighted by molar-refractivity contribution is -0.122. The molecule has 2 N–H and O–H groups in total. The first-order valence-electron chi connectivity index (χ1n) is 5.37. The molecule has 1 aliphatic rings. The van der Waals surface area contributed by atoms with E-state index in [2.05, 4.69) is 15.6 Å². The summed E-state index contributed by atoms with van der Waals surface area (Å²) in [6.07, 6.45) is 3.56. The van der Waals surface area contributed by atoms with Crippen LogP contribution in [0.3, 0.4) is 0 Å². The number of halogens is 2. The molecule has 2 heterocycles. The summed E-state index contributed by atoms with van der Waals surface area (Å²) >= 11 is 5.72. The van der Waals surface area contributed by atoms with Gasteiger partial charge in [0.2, 0.25) is 5.91 Å². The number of carbonyl (C=O) groups excluding carboxylic acids is 1. The van der Waals surface area contributed by atoms with Crippen LogP contribution in [-0.2, 0) is 11.3 Å². The molecule has 1 atom stereocenters. The highest BCUT2D eigenvalue weighted by Crippen LogP contribution is 2.07. The van der Waals surface area contributed by atoms with E-state index in [-0.39, 0.29) is 24.4 Å². The molecule has 1 aromatic heterocycles. The van der Waals surface area contributed by atoms with Crippen LogP contribution >= 0.6 is 24.0 Å². The Balaban J connectivity index is 0.00000144. The quantitative estimate of drug-likeness (QED) is 0.880. The number of amides is 1. The summed E-state index contributed by atoms with van der Waals surface area (Å²) in [5, 5.41) is 6.61. The fourth-order valence-electron chi connectivity index (χ4n) is 1.72. The van der Waals surface area contributed by atoms with Gasteiger partial charge in [-0.2, -0.15) is 0 Å². The smallest absolute Gasteiger partial charge is 0.237 e. The summed E-state index contributed by atoms with van der Waals surface area (Å²) in [5.74, 6) is 0.0502. The molecule has 0 saturated carbocycles. The second kappa shape index (κ2) is 6.79. The van der Waals surface area contributed by atoms with Crippen LogP contribution in [0.1, 0.15) is 18.5 Å². The van der Waals surface area contributed by atoms with Crippen molar-refractivity contribution in [3.8, 4) is 0 Å². The van der Waals surface area contributed by atoms with Gasteiger partial charge in [0.05, 0.1) is 23.3 Å². The summed E-state index contributed by atoms with van der Waals surface area (Å²) in [6.45, 7) is 1.38. The predicted octanol–water partition coefficient (Wildman–Crippen LogP) is 1.52. The maximum atomic E-state index is 11.7. The highest BCUT2D eigenvalue weighted by atomic mass is 35.5. The molecule has 0 bridgehead atoms. The number of nitrogens with zero attached hydrogens (tertiary/aromatic N) is 1. The van der Waals surface area contributed by atoms with E-state index in [4.69, 9.17) is 11.6 Å². The van der Waals surface area contributed by atoms with Crippen molar-refractivity contribution in [1.82, 2.24) is 15.6 Å². The second-order valence-electron chi connectivity index (χ2n) is 3.83. The Hall–Kier alpha value is -0.840. The SMILES string of the molecule is Cl.O=C(NCc1ccc(Cl)cn1)C1CCCN1. The van der Waals surface area contributed by atoms with Gasteiger partial charge in [0.1, 0.15) is 0 Å². The van der Waals surface area contributed by atoms with Crippen LogP contribution in [0.25, 0.3) is 0 Å². The number of rotatable bonds is 3. The molecule has 1 aliphatic heterocycles. The molecule has 6 heteroatoms. The van der Waals surface area contributed by atoms with Gasteiger partial charge in [-0.25, -0.2) is 0 Å². The topological polar surface area (TPSA) is 54.0 Å². The average molecular weight is 276 g/mol. The van der Waals surface area contributed by atoms with Crippen LogP contribution < -0.4 is 10.6 Å². The monoisotopic (exact) mass is 275 g/mol. The van der Waals surface area contributed by atoms with Gasteiger partial charge in [-0.3, -0.25) is 9.78 Å². The molecule has 1 amide bonds. The van der Waals surface area contributed by atoms with Crippen molar-refractivity contribution in [2.45, 2.75) is 25.4 Å². The van der Waals surface area contributed by atoms with Crippen LogP contribution in [-0.4, -0.2) is 23.5 Å². The van der Waals surface area contributed by atoms with Gasteiger partial charge in [-0.1, -0.05) is 11.6 Å². The number of nitrogens with one attached hydrogen (secondary N) is 2. The highest BCUT2D eigenvalue weighted by molar-refractivity contribution is 6.30. The molecule has 2 rings (SSSR count). The average Bonchev–Trinajstić information content (AvgIpc) is 2.81. The summed E-state index contributed by atoms with van der Waals surface area (Å²) in [4.78, 5) is 15.8. The first-order valence-corrected chi connectivity index (χ1v) is 5.75. The maximum Gasteiger partial charge on any atom is 0.237 e. The van der Waals surface area contributed by atoms with Crippen LogP contribution in [0.15, 0.2) is 18.3 Å². The van der Waals surface area contributed by atoms with Crippen molar-refractivity contribution in [1.29, 1.82) is 0 Å². The Bertz CT molecular complexity index is 363. The van der Waals surface area contributed by atoms with Gasteiger partial charge < -0.3 is 10.6 Å². The van der Waals surface area contributed by atoms with E-state index in [1.165, 1.54) is 0 Å². The molecular formula is C11H15Cl2N3O. The van der Waals surface area contributed by atoms with Gasteiger partial charge in [-0.05, 0) is 31.5 Å². The minimum atomic E-state index is -0.0349. The third kappa shape index (κ3) is 4.15. The van der Waals surface area contributed by atoms with E-state index in [0.29, 0.717) is 11.6 Å². The van der Waals surface area contributed by atoms with Crippen LogP contribution in [0.2, 0.25) is 5.02 Å². The lowest BCUT2D eigenvalue weighted by Gasteiger charge is -2.10. The van der Waals surface area contributed by atoms with Crippen molar-refractivity contribution in [3.05, 3.63) is 29.0 Å². The second-order valence-corrected chi connectivity index (χ2v) is 4.27. The zero-order valence-electron chi connectivity index (χ0n) is 9.28. The zero-order chi connectivity index (χ0) is 11.4. The molecule has 0 aliphatic carbocycles.